The summed E-state index contributed by atoms with van der Waals surface area (Å²) in [5.41, 5.74) is 1.90. The van der Waals surface area contributed by atoms with Crippen LogP contribution in [-0.2, 0) is 21.4 Å². The molecule has 6 nitrogen and oxygen atoms in total. The third kappa shape index (κ3) is 5.44. The summed E-state index contributed by atoms with van der Waals surface area (Å²) in [4.78, 5) is 14.6. The summed E-state index contributed by atoms with van der Waals surface area (Å²) in [5, 5.41) is 2.66. The standard InChI is InChI=1S/C20H23F2N3O3S/c1-29(27,28)25(17-8-9-18(21)19(22)12-17)14-20(26)23-13-15-4-6-16(7-5-15)24-10-2-3-11-24/h4-9,12H,2-3,10-11,13-14H2,1H3,(H,23,26). The summed E-state index contributed by atoms with van der Waals surface area (Å²) in [6, 6.07) is 10.5. The average Bonchev–Trinajstić information content (AvgIpc) is 3.21. The molecular formula is C20H23F2N3O3S. The molecule has 0 unspecified atom stereocenters. The Morgan fingerprint density at radius 2 is 1.72 bits per heavy atom. The first kappa shape index (κ1) is 21.0. The maximum atomic E-state index is 13.5. The van der Waals surface area contributed by atoms with E-state index >= 15 is 0 Å². The van der Waals surface area contributed by atoms with Crippen molar-refractivity contribution >= 4 is 27.3 Å². The molecule has 0 aromatic heterocycles. The molecule has 1 N–H and O–H groups in total. The number of carbonyl (C=O) groups is 1. The van der Waals surface area contributed by atoms with E-state index in [-0.39, 0.29) is 12.2 Å². The van der Waals surface area contributed by atoms with Crippen molar-refractivity contribution in [1.82, 2.24) is 5.32 Å². The van der Waals surface area contributed by atoms with Crippen LogP contribution >= 0.6 is 0 Å². The normalized spacial score (nSPS) is 14.1. The minimum absolute atomic E-state index is 0.114. The van der Waals surface area contributed by atoms with E-state index in [0.29, 0.717) is 0 Å². The Kier molecular flexibility index (Phi) is 6.36. The second-order valence-electron chi connectivity index (χ2n) is 7.01. The van der Waals surface area contributed by atoms with Gasteiger partial charge in [-0.1, -0.05) is 12.1 Å². The number of amides is 1. The first-order valence-corrected chi connectivity index (χ1v) is 11.1. The quantitative estimate of drug-likeness (QED) is 0.743. The highest BCUT2D eigenvalue weighted by molar-refractivity contribution is 7.92. The van der Waals surface area contributed by atoms with E-state index < -0.39 is 34.1 Å². The Morgan fingerprint density at radius 3 is 2.31 bits per heavy atom. The fourth-order valence-corrected chi connectivity index (χ4v) is 4.08. The molecule has 0 saturated carbocycles. The summed E-state index contributed by atoms with van der Waals surface area (Å²) in [7, 11) is -3.86. The fourth-order valence-electron chi connectivity index (χ4n) is 3.23. The molecule has 1 aliphatic rings. The fraction of sp³-hybridized carbons (Fsp3) is 0.350. The van der Waals surface area contributed by atoms with Crippen molar-refractivity contribution in [3.8, 4) is 0 Å². The van der Waals surface area contributed by atoms with Crippen LogP contribution in [0.3, 0.4) is 0 Å². The summed E-state index contributed by atoms with van der Waals surface area (Å²) >= 11 is 0. The van der Waals surface area contributed by atoms with Crippen molar-refractivity contribution < 1.29 is 22.0 Å². The molecule has 3 rings (SSSR count). The largest absolute Gasteiger partial charge is 0.372 e. The molecule has 1 saturated heterocycles. The van der Waals surface area contributed by atoms with Crippen molar-refractivity contribution in [3.63, 3.8) is 0 Å². The highest BCUT2D eigenvalue weighted by atomic mass is 32.2. The van der Waals surface area contributed by atoms with Gasteiger partial charge >= 0.3 is 0 Å². The number of hydrogen-bond acceptors (Lipinski definition) is 4. The number of rotatable bonds is 7. The van der Waals surface area contributed by atoms with Crippen LogP contribution in [0.5, 0.6) is 0 Å². The van der Waals surface area contributed by atoms with E-state index in [1.54, 1.807) is 0 Å². The second-order valence-corrected chi connectivity index (χ2v) is 8.91. The van der Waals surface area contributed by atoms with Crippen LogP contribution in [0.1, 0.15) is 18.4 Å². The molecule has 156 valence electrons. The minimum atomic E-state index is -3.86. The van der Waals surface area contributed by atoms with Crippen LogP contribution in [0.2, 0.25) is 0 Å². The van der Waals surface area contributed by atoms with Gasteiger partial charge in [0.15, 0.2) is 11.6 Å². The van der Waals surface area contributed by atoms with Gasteiger partial charge in [-0.25, -0.2) is 17.2 Å². The van der Waals surface area contributed by atoms with Gasteiger partial charge in [0, 0.05) is 31.4 Å². The van der Waals surface area contributed by atoms with Gasteiger partial charge < -0.3 is 10.2 Å². The molecule has 1 aliphatic heterocycles. The summed E-state index contributed by atoms with van der Waals surface area (Å²) in [6.45, 7) is 1.78. The predicted octanol–water partition coefficient (Wildman–Crippen LogP) is 2.65. The van der Waals surface area contributed by atoms with E-state index in [2.05, 4.69) is 10.2 Å². The average molecular weight is 423 g/mol. The van der Waals surface area contributed by atoms with E-state index in [1.165, 1.54) is 12.8 Å². The zero-order valence-electron chi connectivity index (χ0n) is 16.1. The highest BCUT2D eigenvalue weighted by Crippen LogP contribution is 2.21. The minimum Gasteiger partial charge on any atom is -0.372 e. The van der Waals surface area contributed by atoms with Crippen molar-refractivity contribution in [2.24, 2.45) is 0 Å². The maximum absolute atomic E-state index is 13.5. The third-order valence-electron chi connectivity index (χ3n) is 4.78. The third-order valence-corrected chi connectivity index (χ3v) is 5.92. The topological polar surface area (TPSA) is 69.7 Å². The monoisotopic (exact) mass is 423 g/mol. The van der Waals surface area contributed by atoms with Crippen LogP contribution in [0, 0.1) is 11.6 Å². The van der Waals surface area contributed by atoms with Crippen LogP contribution < -0.4 is 14.5 Å². The Hall–Kier alpha value is -2.68. The Bertz CT molecular complexity index is 975. The molecule has 1 amide bonds. The van der Waals surface area contributed by atoms with Gasteiger partial charge in [-0.3, -0.25) is 9.10 Å². The Labute approximate surface area is 169 Å². The van der Waals surface area contributed by atoms with Crippen molar-refractivity contribution in [2.45, 2.75) is 19.4 Å². The molecule has 1 fully saturated rings. The second kappa shape index (κ2) is 8.77. The lowest BCUT2D eigenvalue weighted by Crippen LogP contribution is -2.40. The van der Waals surface area contributed by atoms with Crippen molar-refractivity contribution in [3.05, 3.63) is 59.7 Å². The number of carbonyl (C=O) groups excluding carboxylic acids is 1. The lowest BCUT2D eigenvalue weighted by molar-refractivity contribution is -0.119. The highest BCUT2D eigenvalue weighted by Gasteiger charge is 2.22. The molecular weight excluding hydrogens is 400 g/mol. The molecule has 2 aromatic rings. The van der Waals surface area contributed by atoms with Gasteiger partial charge in [0.05, 0.1) is 11.9 Å². The molecule has 9 heteroatoms. The predicted molar refractivity (Wildman–Crippen MR) is 108 cm³/mol. The SMILES string of the molecule is CS(=O)(=O)N(CC(=O)NCc1ccc(N2CCCC2)cc1)c1ccc(F)c(F)c1. The lowest BCUT2D eigenvalue weighted by atomic mass is 10.2. The van der Waals surface area contributed by atoms with Crippen LogP contribution in [0.4, 0.5) is 20.2 Å². The maximum Gasteiger partial charge on any atom is 0.241 e. The molecule has 0 aliphatic carbocycles. The van der Waals surface area contributed by atoms with Gasteiger partial charge in [-0.15, -0.1) is 0 Å². The van der Waals surface area contributed by atoms with Gasteiger partial charge in [-0.05, 0) is 42.7 Å². The molecule has 0 bridgehead atoms. The van der Waals surface area contributed by atoms with Crippen LogP contribution in [-0.4, -0.2) is 40.2 Å². The molecule has 0 atom stereocenters. The zero-order valence-corrected chi connectivity index (χ0v) is 16.9. The number of hydrogen-bond donors (Lipinski definition) is 1. The van der Waals surface area contributed by atoms with E-state index in [0.717, 1.165) is 53.1 Å². The molecule has 0 spiro atoms. The zero-order chi connectivity index (χ0) is 21.0. The number of benzene rings is 2. The van der Waals surface area contributed by atoms with Crippen molar-refractivity contribution in [2.75, 3.05) is 35.1 Å². The Balaban J connectivity index is 1.62. The number of halogens is 2. The van der Waals surface area contributed by atoms with Gasteiger partial charge in [0.1, 0.15) is 6.54 Å². The molecule has 29 heavy (non-hydrogen) atoms. The van der Waals surface area contributed by atoms with E-state index in [1.807, 2.05) is 24.3 Å². The summed E-state index contributed by atoms with van der Waals surface area (Å²) in [6.07, 6.45) is 3.28. The molecule has 0 radical (unpaired) electrons. The number of sulfonamides is 1. The first-order valence-electron chi connectivity index (χ1n) is 9.27. The first-order chi connectivity index (χ1) is 13.7. The smallest absolute Gasteiger partial charge is 0.241 e. The van der Waals surface area contributed by atoms with Crippen molar-refractivity contribution in [1.29, 1.82) is 0 Å². The number of nitrogens with one attached hydrogen (secondary N) is 1. The van der Waals surface area contributed by atoms with E-state index in [9.17, 15) is 22.0 Å². The van der Waals surface area contributed by atoms with Gasteiger partial charge in [0.25, 0.3) is 0 Å². The van der Waals surface area contributed by atoms with Crippen LogP contribution in [0.15, 0.2) is 42.5 Å². The lowest BCUT2D eigenvalue weighted by Gasteiger charge is -2.22. The summed E-state index contributed by atoms with van der Waals surface area (Å²) < 4.78 is 51.4. The number of anilines is 2. The molecule has 2 aromatic carbocycles. The van der Waals surface area contributed by atoms with Crippen LogP contribution in [0.25, 0.3) is 0 Å². The van der Waals surface area contributed by atoms with E-state index in [4.69, 9.17) is 0 Å². The van der Waals surface area contributed by atoms with Gasteiger partial charge in [-0.2, -0.15) is 0 Å². The Morgan fingerprint density at radius 1 is 1.07 bits per heavy atom. The number of nitrogens with zero attached hydrogens (tertiary/aromatic N) is 2. The summed E-state index contributed by atoms with van der Waals surface area (Å²) in [5.74, 6) is -2.83. The van der Waals surface area contributed by atoms with Gasteiger partial charge in [0.2, 0.25) is 15.9 Å². The molecule has 1 heterocycles.